The molecule has 0 aliphatic carbocycles. The second-order valence-corrected chi connectivity index (χ2v) is 7.53. The highest BCUT2D eigenvalue weighted by molar-refractivity contribution is 9.10. The third-order valence-corrected chi connectivity index (χ3v) is 3.98. The van der Waals surface area contributed by atoms with Crippen molar-refractivity contribution in [3.63, 3.8) is 0 Å². The fraction of sp³-hybridized carbons (Fsp3) is 0.923. The van der Waals surface area contributed by atoms with Gasteiger partial charge in [0.25, 0.3) is 0 Å². The maximum atomic E-state index is 5.71. The molecular weight excluding hydrogens is 296 g/mol. The van der Waals surface area contributed by atoms with Crippen LogP contribution in [0.4, 0.5) is 0 Å². The lowest BCUT2D eigenvalue weighted by Gasteiger charge is -2.17. The predicted molar refractivity (Wildman–Crippen MR) is 76.4 cm³/mol. The molecule has 2 aliphatic rings. The lowest BCUT2D eigenvalue weighted by molar-refractivity contribution is 0.0906. The summed E-state index contributed by atoms with van der Waals surface area (Å²) in [6, 6.07) is 0. The fourth-order valence-electron chi connectivity index (χ4n) is 2.18. The zero-order valence-electron chi connectivity index (χ0n) is 11.6. The number of hydrogen-bond donors (Lipinski definition) is 1. The first kappa shape index (κ1) is 14.3. The molecule has 2 heterocycles. The molecule has 0 radical (unpaired) electrons. The maximum absolute atomic E-state index is 5.71. The van der Waals surface area contributed by atoms with Crippen LogP contribution in [-0.2, 0) is 9.47 Å². The molecule has 1 fully saturated rings. The van der Waals surface area contributed by atoms with Gasteiger partial charge in [0.2, 0.25) is 0 Å². The van der Waals surface area contributed by atoms with E-state index >= 15 is 0 Å². The average molecular weight is 319 g/mol. The molecule has 0 saturated carbocycles. The Bertz CT molecular complexity index is 342. The van der Waals surface area contributed by atoms with Crippen molar-refractivity contribution in [3.05, 3.63) is 0 Å². The first-order valence-electron chi connectivity index (χ1n) is 6.53. The number of rotatable bonds is 4. The fourth-order valence-corrected chi connectivity index (χ4v) is 2.68. The maximum Gasteiger partial charge on any atom is 0.198 e. The number of halogens is 1. The number of alkyl halides is 1. The van der Waals surface area contributed by atoms with E-state index in [9.17, 15) is 0 Å². The Hall–Kier alpha value is -0.130. The summed E-state index contributed by atoms with van der Waals surface area (Å²) in [5.41, 5.74) is 0.0152. The van der Waals surface area contributed by atoms with E-state index in [-0.39, 0.29) is 22.1 Å². The van der Waals surface area contributed by atoms with Gasteiger partial charge < -0.3 is 9.47 Å². The highest BCUT2D eigenvalue weighted by atomic mass is 79.9. The summed E-state index contributed by atoms with van der Waals surface area (Å²) in [7, 11) is 0. The van der Waals surface area contributed by atoms with E-state index in [1.165, 1.54) is 0 Å². The molecule has 1 saturated heterocycles. The van der Waals surface area contributed by atoms with Gasteiger partial charge in [-0.25, -0.2) is 4.99 Å². The van der Waals surface area contributed by atoms with E-state index in [0.717, 1.165) is 25.3 Å². The van der Waals surface area contributed by atoms with E-state index < -0.39 is 0 Å². The van der Waals surface area contributed by atoms with Crippen LogP contribution in [0.3, 0.4) is 0 Å². The van der Waals surface area contributed by atoms with Crippen molar-refractivity contribution in [2.24, 2.45) is 4.99 Å². The summed E-state index contributed by atoms with van der Waals surface area (Å²) in [6.07, 6.45) is 2.07. The third kappa shape index (κ3) is 3.68. The van der Waals surface area contributed by atoms with Crippen molar-refractivity contribution in [2.75, 3.05) is 13.2 Å². The second kappa shape index (κ2) is 5.10. The standard InChI is InChI=1S/C13H23BrN2O2/c1-12(2)7-17-10(15-12)6-5-9(14)11-16-13(3,4)8-18-11/h9-10,15H,5-8H2,1-4H3. The molecule has 0 aromatic carbocycles. The van der Waals surface area contributed by atoms with Gasteiger partial charge in [-0.1, -0.05) is 15.9 Å². The van der Waals surface area contributed by atoms with Gasteiger partial charge >= 0.3 is 0 Å². The smallest absolute Gasteiger partial charge is 0.198 e. The monoisotopic (exact) mass is 318 g/mol. The Morgan fingerprint density at radius 2 is 2.11 bits per heavy atom. The highest BCUT2D eigenvalue weighted by Gasteiger charge is 2.33. The van der Waals surface area contributed by atoms with Crippen LogP contribution in [0.15, 0.2) is 4.99 Å². The summed E-state index contributed by atoms with van der Waals surface area (Å²) < 4.78 is 11.3. The number of nitrogens with one attached hydrogen (secondary N) is 1. The molecule has 0 bridgehead atoms. The van der Waals surface area contributed by atoms with Crippen LogP contribution < -0.4 is 5.32 Å². The molecule has 2 aliphatic heterocycles. The van der Waals surface area contributed by atoms with E-state index in [4.69, 9.17) is 9.47 Å². The molecule has 104 valence electrons. The van der Waals surface area contributed by atoms with Gasteiger partial charge in [0, 0.05) is 5.54 Å². The molecular formula is C13H23BrN2O2. The van der Waals surface area contributed by atoms with Gasteiger partial charge in [-0.3, -0.25) is 5.32 Å². The molecule has 2 rings (SSSR count). The van der Waals surface area contributed by atoms with Crippen LogP contribution in [-0.4, -0.2) is 41.2 Å². The number of nitrogens with zero attached hydrogens (tertiary/aromatic N) is 1. The molecule has 0 aromatic heterocycles. The Morgan fingerprint density at radius 3 is 2.61 bits per heavy atom. The van der Waals surface area contributed by atoms with Crippen LogP contribution in [0.25, 0.3) is 0 Å². The Morgan fingerprint density at radius 1 is 1.39 bits per heavy atom. The molecule has 5 heteroatoms. The molecule has 18 heavy (non-hydrogen) atoms. The van der Waals surface area contributed by atoms with E-state index in [1.807, 2.05) is 0 Å². The second-order valence-electron chi connectivity index (χ2n) is 6.42. The van der Waals surface area contributed by atoms with Crippen LogP contribution >= 0.6 is 15.9 Å². The first-order valence-corrected chi connectivity index (χ1v) is 7.45. The zero-order valence-corrected chi connectivity index (χ0v) is 13.2. The average Bonchev–Trinajstić information content (AvgIpc) is 2.78. The lowest BCUT2D eigenvalue weighted by atomic mass is 10.1. The minimum Gasteiger partial charge on any atom is -0.478 e. The summed E-state index contributed by atoms with van der Waals surface area (Å²) >= 11 is 3.65. The van der Waals surface area contributed by atoms with Crippen LogP contribution in [0.2, 0.25) is 0 Å². The van der Waals surface area contributed by atoms with Crippen molar-refractivity contribution >= 4 is 21.8 Å². The predicted octanol–water partition coefficient (Wildman–Crippen LogP) is 2.46. The van der Waals surface area contributed by atoms with E-state index in [2.05, 4.69) is 53.9 Å². The summed E-state index contributed by atoms with van der Waals surface area (Å²) in [5, 5.41) is 3.47. The molecule has 2 atom stereocenters. The van der Waals surface area contributed by atoms with Crippen molar-refractivity contribution in [2.45, 2.75) is 62.7 Å². The Balaban J connectivity index is 1.78. The molecule has 0 aromatic rings. The quantitative estimate of drug-likeness (QED) is 0.810. The molecule has 4 nitrogen and oxygen atoms in total. The number of hydrogen-bond acceptors (Lipinski definition) is 4. The van der Waals surface area contributed by atoms with Gasteiger partial charge in [-0.2, -0.15) is 0 Å². The summed E-state index contributed by atoms with van der Waals surface area (Å²) in [6.45, 7) is 9.94. The SMILES string of the molecule is CC1(C)COC(C(Br)CCC2NC(C)(C)CO2)=N1. The summed E-state index contributed by atoms with van der Waals surface area (Å²) in [5.74, 6) is 0.831. The summed E-state index contributed by atoms with van der Waals surface area (Å²) in [4.78, 5) is 4.77. The number of aliphatic imine (C=N–C) groups is 1. The van der Waals surface area contributed by atoms with Crippen molar-refractivity contribution < 1.29 is 9.47 Å². The van der Waals surface area contributed by atoms with Gasteiger partial charge in [0.1, 0.15) is 12.8 Å². The third-order valence-electron chi connectivity index (χ3n) is 3.13. The van der Waals surface area contributed by atoms with Gasteiger partial charge in [-0.15, -0.1) is 0 Å². The van der Waals surface area contributed by atoms with Crippen molar-refractivity contribution in [3.8, 4) is 0 Å². The van der Waals surface area contributed by atoms with Crippen LogP contribution in [0, 0.1) is 0 Å². The molecule has 1 N–H and O–H groups in total. The Labute approximate surface area is 118 Å². The van der Waals surface area contributed by atoms with Crippen molar-refractivity contribution in [1.29, 1.82) is 0 Å². The van der Waals surface area contributed by atoms with E-state index in [1.54, 1.807) is 0 Å². The zero-order chi connectivity index (χ0) is 13.4. The van der Waals surface area contributed by atoms with Crippen LogP contribution in [0.5, 0.6) is 0 Å². The minimum absolute atomic E-state index is 0.0779. The minimum atomic E-state index is -0.0779. The van der Waals surface area contributed by atoms with E-state index in [0.29, 0.717) is 6.61 Å². The topological polar surface area (TPSA) is 42.8 Å². The van der Waals surface area contributed by atoms with Gasteiger partial charge in [-0.05, 0) is 40.5 Å². The van der Waals surface area contributed by atoms with Gasteiger partial charge in [0.05, 0.1) is 17.0 Å². The van der Waals surface area contributed by atoms with Crippen molar-refractivity contribution in [1.82, 2.24) is 5.32 Å². The molecule has 2 unspecified atom stereocenters. The lowest BCUT2D eigenvalue weighted by Crippen LogP contribution is -2.39. The number of ether oxygens (including phenoxy) is 2. The molecule has 0 spiro atoms. The Kier molecular flexibility index (Phi) is 4.04. The molecule has 0 amide bonds. The highest BCUT2D eigenvalue weighted by Crippen LogP contribution is 2.25. The normalized spacial score (nSPS) is 30.9. The van der Waals surface area contributed by atoms with Gasteiger partial charge in [0.15, 0.2) is 5.90 Å². The van der Waals surface area contributed by atoms with Crippen LogP contribution in [0.1, 0.15) is 40.5 Å². The largest absolute Gasteiger partial charge is 0.478 e. The first-order chi connectivity index (χ1) is 8.27.